The number of β-amino-alcohol motifs (C(OH)–C–C–N with tert-alkyl or cyclic N) is 1. The molecule has 1 fully saturated rings. The highest BCUT2D eigenvalue weighted by Gasteiger charge is 2.30. The topological polar surface area (TPSA) is 72.9 Å². The second-order valence-electron chi connectivity index (χ2n) is 6.15. The van der Waals surface area contributed by atoms with Crippen LogP contribution < -0.4 is 10.2 Å². The zero-order valence-corrected chi connectivity index (χ0v) is 13.7. The Hall–Kier alpha value is -2.34. The largest absolute Gasteiger partial charge is 0.395 e. The van der Waals surface area contributed by atoms with Crippen molar-refractivity contribution < 1.29 is 14.7 Å². The Labute approximate surface area is 141 Å². The summed E-state index contributed by atoms with van der Waals surface area (Å²) in [5.41, 5.74) is 2.20. The molecular weight excluding hydrogens is 306 g/mol. The quantitative estimate of drug-likeness (QED) is 0.805. The Morgan fingerprint density at radius 3 is 2.29 bits per heavy atom. The van der Waals surface area contributed by atoms with Gasteiger partial charge < -0.3 is 15.3 Å². The molecule has 0 saturated carbocycles. The monoisotopic (exact) mass is 329 g/mol. The Balaban J connectivity index is 1.65. The molecule has 2 aliphatic heterocycles. The summed E-state index contributed by atoms with van der Waals surface area (Å²) in [5, 5.41) is 11.9. The summed E-state index contributed by atoms with van der Waals surface area (Å²) in [4.78, 5) is 27.3. The number of hydrogen-bond acceptors (Lipinski definition) is 5. The van der Waals surface area contributed by atoms with Gasteiger partial charge in [-0.1, -0.05) is 12.8 Å². The maximum absolute atomic E-state index is 12.1. The minimum Gasteiger partial charge on any atom is -0.395 e. The molecule has 0 spiro atoms. The minimum atomic E-state index is -0.398. The van der Waals surface area contributed by atoms with Crippen LogP contribution in [0.2, 0.25) is 0 Å². The molecule has 1 aromatic carbocycles. The molecule has 2 N–H and O–H groups in total. The molecule has 2 amide bonds. The highest BCUT2D eigenvalue weighted by atomic mass is 16.3. The number of anilines is 2. The van der Waals surface area contributed by atoms with Crippen LogP contribution in [0.1, 0.15) is 25.7 Å². The van der Waals surface area contributed by atoms with Crippen molar-refractivity contribution in [2.75, 3.05) is 36.5 Å². The maximum Gasteiger partial charge on any atom is 0.277 e. The number of amides is 2. The Morgan fingerprint density at radius 1 is 1.00 bits per heavy atom. The molecule has 2 aliphatic rings. The summed E-state index contributed by atoms with van der Waals surface area (Å²) >= 11 is 0. The molecule has 0 atom stereocenters. The number of hydrogen-bond donors (Lipinski definition) is 2. The van der Waals surface area contributed by atoms with Crippen LogP contribution in [-0.4, -0.2) is 48.1 Å². The molecule has 2 heterocycles. The molecule has 0 unspecified atom stereocenters. The number of benzene rings is 1. The second kappa shape index (κ2) is 7.49. The van der Waals surface area contributed by atoms with E-state index in [4.69, 9.17) is 5.11 Å². The van der Waals surface area contributed by atoms with E-state index in [0.29, 0.717) is 0 Å². The highest BCUT2D eigenvalue weighted by Crippen LogP contribution is 2.23. The van der Waals surface area contributed by atoms with Crippen molar-refractivity contribution in [2.24, 2.45) is 0 Å². The first-order valence-electron chi connectivity index (χ1n) is 8.49. The summed E-state index contributed by atoms with van der Waals surface area (Å²) in [6.07, 6.45) is 6.32. The van der Waals surface area contributed by atoms with E-state index < -0.39 is 11.8 Å². The van der Waals surface area contributed by atoms with Crippen molar-refractivity contribution in [1.82, 2.24) is 4.90 Å². The highest BCUT2D eigenvalue weighted by molar-refractivity contribution is 6.17. The van der Waals surface area contributed by atoms with Crippen molar-refractivity contribution >= 4 is 23.2 Å². The van der Waals surface area contributed by atoms with Gasteiger partial charge in [0.2, 0.25) is 0 Å². The van der Waals surface area contributed by atoms with Gasteiger partial charge in [-0.15, -0.1) is 0 Å². The van der Waals surface area contributed by atoms with Gasteiger partial charge in [-0.25, -0.2) is 0 Å². The van der Waals surface area contributed by atoms with Gasteiger partial charge >= 0.3 is 0 Å². The first kappa shape index (κ1) is 16.5. The fraction of sp³-hybridized carbons (Fsp3) is 0.444. The van der Waals surface area contributed by atoms with E-state index in [1.807, 2.05) is 24.3 Å². The third-order valence-corrected chi connectivity index (χ3v) is 4.45. The van der Waals surface area contributed by atoms with Crippen molar-refractivity contribution in [1.29, 1.82) is 0 Å². The van der Waals surface area contributed by atoms with Crippen LogP contribution in [0, 0.1) is 0 Å². The normalized spacial score (nSPS) is 18.6. The fourth-order valence-corrected chi connectivity index (χ4v) is 3.15. The lowest BCUT2D eigenvalue weighted by molar-refractivity contribution is -0.137. The minimum absolute atomic E-state index is 0.0211. The smallest absolute Gasteiger partial charge is 0.277 e. The molecule has 128 valence electrons. The number of carbonyl (C=O) groups is 2. The molecule has 1 aromatic rings. The molecule has 0 aliphatic carbocycles. The average Bonchev–Trinajstić information content (AvgIpc) is 2.80. The first-order valence-corrected chi connectivity index (χ1v) is 8.49. The molecule has 0 aromatic heterocycles. The number of rotatable bonds is 5. The number of nitrogens with zero attached hydrogens (tertiary/aromatic N) is 2. The fourth-order valence-electron chi connectivity index (χ4n) is 3.15. The molecular formula is C18H23N3O3. The van der Waals surface area contributed by atoms with Gasteiger partial charge in [0, 0.05) is 30.5 Å². The van der Waals surface area contributed by atoms with Crippen LogP contribution in [0.15, 0.2) is 36.0 Å². The maximum atomic E-state index is 12.1. The van der Waals surface area contributed by atoms with Crippen molar-refractivity contribution in [3.05, 3.63) is 36.0 Å². The van der Waals surface area contributed by atoms with Crippen LogP contribution in [0.5, 0.6) is 0 Å². The summed E-state index contributed by atoms with van der Waals surface area (Å²) in [6, 6.07) is 7.93. The molecule has 3 rings (SSSR count). The van der Waals surface area contributed by atoms with Crippen LogP contribution >= 0.6 is 0 Å². The summed E-state index contributed by atoms with van der Waals surface area (Å²) in [5.74, 6) is -0.789. The van der Waals surface area contributed by atoms with Gasteiger partial charge in [0.1, 0.15) is 5.70 Å². The molecule has 0 radical (unpaired) electrons. The number of imide groups is 1. The lowest BCUT2D eigenvalue weighted by Gasteiger charge is -2.23. The van der Waals surface area contributed by atoms with Gasteiger partial charge in [0.25, 0.3) is 11.8 Å². The Morgan fingerprint density at radius 2 is 1.67 bits per heavy atom. The van der Waals surface area contributed by atoms with E-state index in [2.05, 4.69) is 10.2 Å². The van der Waals surface area contributed by atoms with E-state index >= 15 is 0 Å². The van der Waals surface area contributed by atoms with E-state index in [0.717, 1.165) is 23.7 Å². The van der Waals surface area contributed by atoms with Crippen molar-refractivity contribution in [2.45, 2.75) is 25.7 Å². The van der Waals surface area contributed by atoms with Crippen LogP contribution in [0.3, 0.4) is 0 Å². The average molecular weight is 329 g/mol. The predicted molar refractivity (Wildman–Crippen MR) is 92.6 cm³/mol. The third-order valence-electron chi connectivity index (χ3n) is 4.45. The number of carbonyl (C=O) groups excluding carboxylic acids is 2. The zero-order valence-electron chi connectivity index (χ0n) is 13.7. The molecule has 0 bridgehead atoms. The summed E-state index contributed by atoms with van der Waals surface area (Å²) in [7, 11) is 0. The molecule has 6 heteroatoms. The van der Waals surface area contributed by atoms with Gasteiger partial charge in [-0.3, -0.25) is 14.5 Å². The van der Waals surface area contributed by atoms with Crippen LogP contribution in [0.25, 0.3) is 0 Å². The van der Waals surface area contributed by atoms with E-state index in [1.165, 1.54) is 37.4 Å². The van der Waals surface area contributed by atoms with Crippen LogP contribution in [0.4, 0.5) is 11.4 Å². The number of aliphatic hydroxyl groups excluding tert-OH is 1. The van der Waals surface area contributed by atoms with Gasteiger partial charge in [0.15, 0.2) is 0 Å². The number of nitrogens with one attached hydrogen (secondary N) is 1. The van der Waals surface area contributed by atoms with Gasteiger partial charge in [0.05, 0.1) is 13.2 Å². The molecule has 24 heavy (non-hydrogen) atoms. The van der Waals surface area contributed by atoms with Gasteiger partial charge in [-0.2, -0.15) is 0 Å². The molecule has 1 saturated heterocycles. The van der Waals surface area contributed by atoms with Gasteiger partial charge in [-0.05, 0) is 37.1 Å². The standard InChI is InChI=1S/C18H23N3O3/c22-12-11-21-17(23)13-16(18(21)24)19-14-5-7-15(8-6-14)20-9-3-1-2-4-10-20/h5-8,13,19,22H,1-4,9-12H2. The van der Waals surface area contributed by atoms with E-state index in [9.17, 15) is 9.59 Å². The molecule has 6 nitrogen and oxygen atoms in total. The summed E-state index contributed by atoms with van der Waals surface area (Å²) < 4.78 is 0. The zero-order chi connectivity index (χ0) is 16.9. The van der Waals surface area contributed by atoms with Crippen LogP contribution in [-0.2, 0) is 9.59 Å². The second-order valence-corrected chi connectivity index (χ2v) is 6.15. The van der Waals surface area contributed by atoms with E-state index in [1.54, 1.807) is 0 Å². The SMILES string of the molecule is O=C1C=C(Nc2ccc(N3CCCCCC3)cc2)C(=O)N1CCO. The van der Waals surface area contributed by atoms with Crippen molar-refractivity contribution in [3.63, 3.8) is 0 Å². The predicted octanol–water partition coefficient (Wildman–Crippen LogP) is 1.72. The van der Waals surface area contributed by atoms with E-state index in [-0.39, 0.29) is 18.8 Å². The Kier molecular flexibility index (Phi) is 5.15. The lowest BCUT2D eigenvalue weighted by Crippen LogP contribution is -2.34. The third kappa shape index (κ3) is 3.59. The lowest BCUT2D eigenvalue weighted by atomic mass is 10.2. The van der Waals surface area contributed by atoms with Crippen molar-refractivity contribution in [3.8, 4) is 0 Å². The number of aliphatic hydroxyl groups is 1. The Bertz CT molecular complexity index is 631. The summed E-state index contributed by atoms with van der Waals surface area (Å²) in [6.45, 7) is 1.96. The first-order chi connectivity index (χ1) is 11.7.